The standard InChI is InChI=1S/C46H46N6O2/c1-3-29-27-51-23-19-31(29)25-41(51)43(35-17-21-47-39-15-9-7-11-33(35)39)53-45-37-13-5-6-14-38(37)46(50-49-45)54-44(36-18-22-48-40-16-10-8-12-34(36)40)42-26-32-20-24-52(42)28-30(32)4-2/h3-18,21-22,29-32,41-44H,1-2,19-20,23-28H2/t29-,30-,31-,32-,41+,42+,43-,44-/m0/s1. The number of hydrogen-bond acceptors (Lipinski definition) is 8. The van der Waals surface area contributed by atoms with Gasteiger partial charge in [0.2, 0.25) is 11.8 Å². The lowest BCUT2D eigenvalue weighted by Gasteiger charge is -2.51. The van der Waals surface area contributed by atoms with E-state index in [0.29, 0.717) is 35.4 Å². The molecule has 9 heterocycles. The second-order valence-electron chi connectivity index (χ2n) is 15.8. The van der Waals surface area contributed by atoms with Crippen LogP contribution in [0.2, 0.25) is 0 Å². The van der Waals surface area contributed by atoms with Crippen LogP contribution in [0.3, 0.4) is 0 Å². The van der Waals surface area contributed by atoms with Gasteiger partial charge in [-0.1, -0.05) is 60.7 Å². The van der Waals surface area contributed by atoms with Gasteiger partial charge in [0.15, 0.2) is 0 Å². The fourth-order valence-corrected chi connectivity index (χ4v) is 10.3. The summed E-state index contributed by atoms with van der Waals surface area (Å²) >= 11 is 0. The van der Waals surface area contributed by atoms with Crippen LogP contribution in [-0.4, -0.2) is 68.2 Å². The van der Waals surface area contributed by atoms with Crippen LogP contribution in [0, 0.1) is 23.7 Å². The van der Waals surface area contributed by atoms with Crippen LogP contribution in [0.1, 0.15) is 49.0 Å². The Morgan fingerprint density at radius 3 is 1.41 bits per heavy atom. The molecular formula is C46H46N6O2. The Labute approximate surface area is 316 Å². The first kappa shape index (κ1) is 33.4. The molecule has 0 radical (unpaired) electrons. The summed E-state index contributed by atoms with van der Waals surface area (Å²) in [7, 11) is 0. The minimum absolute atomic E-state index is 0.182. The Balaban J connectivity index is 1.05. The van der Waals surface area contributed by atoms with Gasteiger partial charge in [-0.2, -0.15) is 0 Å². The van der Waals surface area contributed by atoms with Crippen molar-refractivity contribution in [2.24, 2.45) is 23.7 Å². The number of aromatic nitrogens is 4. The fourth-order valence-electron chi connectivity index (χ4n) is 10.3. The summed E-state index contributed by atoms with van der Waals surface area (Å²) in [5.41, 5.74) is 4.18. The first-order valence-electron chi connectivity index (χ1n) is 19.7. The van der Waals surface area contributed by atoms with Gasteiger partial charge in [-0.25, -0.2) is 0 Å². The van der Waals surface area contributed by atoms with Crippen LogP contribution >= 0.6 is 0 Å². The molecule has 10 atom stereocenters. The largest absolute Gasteiger partial charge is 0.466 e. The van der Waals surface area contributed by atoms with Crippen LogP contribution in [0.15, 0.2) is 123 Å². The second kappa shape index (κ2) is 13.9. The van der Waals surface area contributed by atoms with E-state index in [0.717, 1.165) is 82.7 Å². The van der Waals surface area contributed by atoms with Crippen molar-refractivity contribution in [2.75, 3.05) is 26.2 Å². The predicted molar refractivity (Wildman–Crippen MR) is 213 cm³/mol. The van der Waals surface area contributed by atoms with E-state index in [1.54, 1.807) is 0 Å². The van der Waals surface area contributed by atoms with E-state index in [9.17, 15) is 0 Å². The molecule has 8 nitrogen and oxygen atoms in total. The molecule has 0 spiro atoms. The molecule has 6 saturated heterocycles. The zero-order valence-corrected chi connectivity index (χ0v) is 30.6. The van der Waals surface area contributed by atoms with Gasteiger partial charge >= 0.3 is 0 Å². The number of para-hydroxylation sites is 2. The third kappa shape index (κ3) is 5.74. The molecule has 3 aromatic carbocycles. The molecule has 6 aromatic rings. The number of hydrogen-bond donors (Lipinski definition) is 0. The summed E-state index contributed by atoms with van der Waals surface area (Å²) in [6, 6.07) is 29.6. The predicted octanol–water partition coefficient (Wildman–Crippen LogP) is 8.76. The highest BCUT2D eigenvalue weighted by molar-refractivity contribution is 5.91. The van der Waals surface area contributed by atoms with Crippen molar-refractivity contribution in [1.82, 2.24) is 30.0 Å². The van der Waals surface area contributed by atoms with Gasteiger partial charge in [0.05, 0.1) is 33.9 Å². The summed E-state index contributed by atoms with van der Waals surface area (Å²) in [5.74, 6) is 3.23. The molecule has 0 saturated carbocycles. The van der Waals surface area contributed by atoms with Gasteiger partial charge in [0.25, 0.3) is 0 Å². The topological polar surface area (TPSA) is 76.5 Å². The van der Waals surface area contributed by atoms with E-state index >= 15 is 0 Å². The molecule has 6 aliphatic heterocycles. The lowest BCUT2D eigenvalue weighted by atomic mass is 9.73. The number of piperidine rings is 6. The fraction of sp³-hybridized carbons (Fsp3) is 0.348. The molecule has 6 fully saturated rings. The zero-order chi connectivity index (χ0) is 36.2. The number of fused-ring (bicyclic) bond motifs is 9. The molecule has 3 aromatic heterocycles. The Morgan fingerprint density at radius 1 is 0.574 bits per heavy atom. The molecule has 2 unspecified atom stereocenters. The van der Waals surface area contributed by atoms with E-state index < -0.39 is 0 Å². The van der Waals surface area contributed by atoms with Crippen molar-refractivity contribution in [3.63, 3.8) is 0 Å². The summed E-state index contributed by atoms with van der Waals surface area (Å²) in [5, 5.41) is 13.8. The van der Waals surface area contributed by atoms with Gasteiger partial charge in [0.1, 0.15) is 12.2 Å². The first-order chi connectivity index (χ1) is 26.7. The van der Waals surface area contributed by atoms with E-state index in [1.807, 2.05) is 36.7 Å². The van der Waals surface area contributed by atoms with Gasteiger partial charge in [-0.15, -0.1) is 23.4 Å². The average molecular weight is 715 g/mol. The van der Waals surface area contributed by atoms with Crippen molar-refractivity contribution in [2.45, 2.75) is 50.0 Å². The summed E-state index contributed by atoms with van der Waals surface area (Å²) in [6.07, 6.45) is 12.0. The highest BCUT2D eigenvalue weighted by atomic mass is 16.5. The quantitative estimate of drug-likeness (QED) is 0.131. The monoisotopic (exact) mass is 714 g/mol. The summed E-state index contributed by atoms with van der Waals surface area (Å²) < 4.78 is 14.4. The van der Waals surface area contributed by atoms with Crippen LogP contribution in [-0.2, 0) is 0 Å². The zero-order valence-electron chi connectivity index (χ0n) is 30.6. The van der Waals surface area contributed by atoms with Gasteiger partial charge in [-0.05, 0) is 98.8 Å². The van der Waals surface area contributed by atoms with Gasteiger partial charge in [-0.3, -0.25) is 19.8 Å². The SMILES string of the molecule is C=C[C@H]1CN2CC[C@H]1C[C@@H]2[C@@H](Oc1nnc(O[C@@H](c2ccnc3ccccc23)[C@H]2C[C@@H]3CCN2C[C@@H]3C=C)c2ccccc12)c1ccnc2ccccc12. The lowest BCUT2D eigenvalue weighted by molar-refractivity contribution is -0.0382. The van der Waals surface area contributed by atoms with Crippen molar-refractivity contribution < 1.29 is 9.47 Å². The van der Waals surface area contributed by atoms with Crippen molar-refractivity contribution in [1.29, 1.82) is 0 Å². The minimum atomic E-state index is -0.268. The molecule has 12 rings (SSSR count). The average Bonchev–Trinajstić information content (AvgIpc) is 3.25. The second-order valence-corrected chi connectivity index (χ2v) is 15.8. The van der Waals surface area contributed by atoms with Crippen molar-refractivity contribution in [3.05, 3.63) is 134 Å². The molecular weight excluding hydrogens is 669 g/mol. The Bertz CT molecular complexity index is 2190. The van der Waals surface area contributed by atoms with Gasteiger partial charge < -0.3 is 9.47 Å². The van der Waals surface area contributed by atoms with Crippen LogP contribution in [0.4, 0.5) is 0 Å². The Hall–Kier alpha value is -5.18. The maximum Gasteiger partial charge on any atom is 0.242 e. The number of pyridine rings is 2. The van der Waals surface area contributed by atoms with E-state index in [1.165, 1.54) is 12.8 Å². The van der Waals surface area contributed by atoms with E-state index in [4.69, 9.17) is 29.6 Å². The van der Waals surface area contributed by atoms with Crippen LogP contribution in [0.25, 0.3) is 32.6 Å². The number of ether oxygens (including phenoxy) is 2. The first-order valence-corrected chi connectivity index (χ1v) is 19.7. The van der Waals surface area contributed by atoms with Crippen molar-refractivity contribution >= 4 is 32.6 Å². The van der Waals surface area contributed by atoms with Crippen LogP contribution < -0.4 is 9.47 Å². The molecule has 0 N–H and O–H groups in total. The highest BCUT2D eigenvalue weighted by Gasteiger charge is 2.46. The minimum Gasteiger partial charge on any atom is -0.466 e. The third-order valence-electron chi connectivity index (χ3n) is 13.1. The number of benzene rings is 3. The molecule has 272 valence electrons. The normalized spacial score (nSPS) is 28.5. The van der Waals surface area contributed by atoms with Gasteiger partial charge in [0, 0.05) is 47.4 Å². The Morgan fingerprint density at radius 2 is 1.00 bits per heavy atom. The summed E-state index contributed by atoms with van der Waals surface area (Å²) in [4.78, 5) is 14.6. The molecule has 54 heavy (non-hydrogen) atoms. The lowest BCUT2D eigenvalue weighted by Crippen LogP contribution is -2.55. The highest BCUT2D eigenvalue weighted by Crippen LogP contribution is 2.47. The van der Waals surface area contributed by atoms with Crippen molar-refractivity contribution in [3.8, 4) is 11.8 Å². The smallest absolute Gasteiger partial charge is 0.242 e. The molecule has 0 aliphatic carbocycles. The van der Waals surface area contributed by atoms with E-state index in [2.05, 4.69) is 95.8 Å². The maximum absolute atomic E-state index is 7.22. The number of nitrogens with zero attached hydrogens (tertiary/aromatic N) is 6. The molecule has 4 bridgehead atoms. The maximum atomic E-state index is 7.22. The Kier molecular flexibility index (Phi) is 8.60. The molecule has 0 amide bonds. The molecule has 8 heteroatoms. The molecule has 6 aliphatic rings. The summed E-state index contributed by atoms with van der Waals surface area (Å²) in [6.45, 7) is 12.5. The van der Waals surface area contributed by atoms with Crippen LogP contribution in [0.5, 0.6) is 11.8 Å². The number of rotatable bonds is 10. The third-order valence-corrected chi connectivity index (χ3v) is 13.1. The van der Waals surface area contributed by atoms with E-state index in [-0.39, 0.29) is 24.3 Å².